The Bertz CT molecular complexity index is 221. The summed E-state index contributed by atoms with van der Waals surface area (Å²) < 4.78 is 29.8. The van der Waals surface area contributed by atoms with E-state index >= 15 is 0 Å². The molecule has 0 unspecified atom stereocenters. The zero-order chi connectivity index (χ0) is 8.48. The quantitative estimate of drug-likeness (QED) is 0.564. The SMILES string of the molecule is O=S(=O)(O)[C@H]1CCCC[C@@H]1O. The van der Waals surface area contributed by atoms with E-state index in [2.05, 4.69) is 0 Å². The molecule has 0 heterocycles. The van der Waals surface area contributed by atoms with Crippen LogP contribution in [0.4, 0.5) is 0 Å². The Morgan fingerprint density at radius 3 is 2.09 bits per heavy atom. The van der Waals surface area contributed by atoms with Crippen LogP contribution in [0.3, 0.4) is 0 Å². The lowest BCUT2D eigenvalue weighted by molar-refractivity contribution is 0.130. The fraction of sp³-hybridized carbons (Fsp3) is 1.00. The molecule has 66 valence electrons. The van der Waals surface area contributed by atoms with Gasteiger partial charge in [0.05, 0.1) is 6.10 Å². The highest BCUT2D eigenvalue weighted by Gasteiger charge is 2.32. The predicted molar refractivity (Wildman–Crippen MR) is 39.8 cm³/mol. The summed E-state index contributed by atoms with van der Waals surface area (Å²) in [7, 11) is -4.03. The van der Waals surface area contributed by atoms with Crippen molar-refractivity contribution in [2.45, 2.75) is 37.0 Å². The zero-order valence-electron chi connectivity index (χ0n) is 6.10. The summed E-state index contributed by atoms with van der Waals surface area (Å²) in [5, 5.41) is 8.22. The number of hydrogen-bond donors (Lipinski definition) is 2. The fourth-order valence-corrected chi connectivity index (χ4v) is 2.42. The molecule has 0 radical (unpaired) electrons. The van der Waals surface area contributed by atoms with E-state index in [1.54, 1.807) is 0 Å². The van der Waals surface area contributed by atoms with E-state index in [1.807, 2.05) is 0 Å². The number of hydrogen-bond acceptors (Lipinski definition) is 3. The second kappa shape index (κ2) is 3.08. The highest BCUT2D eigenvalue weighted by atomic mass is 32.2. The average Bonchev–Trinajstić information content (AvgIpc) is 1.86. The molecule has 2 N–H and O–H groups in total. The first-order valence-electron chi connectivity index (χ1n) is 3.66. The number of aliphatic hydroxyl groups excluding tert-OH is 1. The lowest BCUT2D eigenvalue weighted by Gasteiger charge is -2.24. The van der Waals surface area contributed by atoms with Gasteiger partial charge in [0.15, 0.2) is 0 Å². The standard InChI is InChI=1S/C6H12O4S/c7-5-3-1-2-4-6(5)11(8,9)10/h5-7H,1-4H2,(H,8,9,10)/t5-,6-/m0/s1. The van der Waals surface area contributed by atoms with Gasteiger partial charge in [0.2, 0.25) is 0 Å². The predicted octanol–water partition coefficient (Wildman–Crippen LogP) is 0.178. The van der Waals surface area contributed by atoms with E-state index in [9.17, 15) is 8.42 Å². The summed E-state index contributed by atoms with van der Waals surface area (Å²) in [4.78, 5) is 0. The Morgan fingerprint density at radius 2 is 1.73 bits per heavy atom. The van der Waals surface area contributed by atoms with Crippen molar-refractivity contribution in [3.63, 3.8) is 0 Å². The van der Waals surface area contributed by atoms with E-state index in [0.29, 0.717) is 12.8 Å². The zero-order valence-corrected chi connectivity index (χ0v) is 6.92. The van der Waals surface area contributed by atoms with Gasteiger partial charge in [-0.25, -0.2) is 0 Å². The number of aliphatic hydroxyl groups is 1. The molecule has 1 saturated carbocycles. The largest absolute Gasteiger partial charge is 0.392 e. The van der Waals surface area contributed by atoms with Crippen molar-refractivity contribution < 1.29 is 18.1 Å². The normalized spacial score (nSPS) is 33.6. The molecule has 0 amide bonds. The third kappa shape index (κ3) is 2.15. The summed E-state index contributed by atoms with van der Waals surface area (Å²) in [6, 6.07) is 0. The van der Waals surface area contributed by atoms with Crippen LogP contribution in [0.1, 0.15) is 25.7 Å². The summed E-state index contributed by atoms with van der Waals surface area (Å²) >= 11 is 0. The van der Waals surface area contributed by atoms with Gasteiger partial charge in [-0.15, -0.1) is 0 Å². The Labute approximate surface area is 66.0 Å². The van der Waals surface area contributed by atoms with Crippen LogP contribution in [0, 0.1) is 0 Å². The maximum absolute atomic E-state index is 10.6. The maximum atomic E-state index is 10.6. The van der Waals surface area contributed by atoms with Crippen molar-refractivity contribution in [2.24, 2.45) is 0 Å². The molecule has 5 heteroatoms. The smallest absolute Gasteiger partial charge is 0.270 e. The Kier molecular flexibility index (Phi) is 2.51. The van der Waals surface area contributed by atoms with Crippen LogP contribution < -0.4 is 0 Å². The molecule has 11 heavy (non-hydrogen) atoms. The van der Waals surface area contributed by atoms with Gasteiger partial charge in [-0.2, -0.15) is 8.42 Å². The van der Waals surface area contributed by atoms with Gasteiger partial charge in [-0.3, -0.25) is 4.55 Å². The number of rotatable bonds is 1. The summed E-state index contributed by atoms with van der Waals surface area (Å²) in [6.07, 6.45) is 1.58. The van der Waals surface area contributed by atoms with Crippen molar-refractivity contribution in [3.8, 4) is 0 Å². The molecule has 1 aliphatic rings. The van der Waals surface area contributed by atoms with E-state index in [4.69, 9.17) is 9.66 Å². The van der Waals surface area contributed by atoms with Gasteiger partial charge < -0.3 is 5.11 Å². The topological polar surface area (TPSA) is 74.6 Å². The minimum Gasteiger partial charge on any atom is -0.392 e. The van der Waals surface area contributed by atoms with Crippen LogP contribution in [0.2, 0.25) is 0 Å². The Balaban J connectivity index is 2.70. The molecule has 0 saturated heterocycles. The van der Waals surface area contributed by atoms with Gasteiger partial charge in [0, 0.05) is 0 Å². The van der Waals surface area contributed by atoms with Crippen LogP contribution in [-0.2, 0) is 10.1 Å². The van der Waals surface area contributed by atoms with Crippen LogP contribution >= 0.6 is 0 Å². The lowest BCUT2D eigenvalue weighted by Crippen LogP contribution is -2.36. The van der Waals surface area contributed by atoms with Crippen molar-refractivity contribution in [1.82, 2.24) is 0 Å². The first kappa shape index (κ1) is 8.96. The average molecular weight is 180 g/mol. The second-order valence-corrected chi connectivity index (χ2v) is 4.54. The van der Waals surface area contributed by atoms with E-state index in [-0.39, 0.29) is 0 Å². The minimum absolute atomic E-state index is 0.375. The summed E-state index contributed by atoms with van der Waals surface area (Å²) in [6.45, 7) is 0. The van der Waals surface area contributed by atoms with Gasteiger partial charge in [0.25, 0.3) is 10.1 Å². The lowest BCUT2D eigenvalue weighted by atomic mass is 9.97. The molecule has 0 aromatic rings. The Morgan fingerprint density at radius 1 is 1.18 bits per heavy atom. The van der Waals surface area contributed by atoms with Crippen LogP contribution in [0.5, 0.6) is 0 Å². The molecule has 1 rings (SSSR count). The molecule has 0 aliphatic heterocycles. The summed E-state index contributed by atoms with van der Waals surface area (Å²) in [5.41, 5.74) is 0. The van der Waals surface area contributed by atoms with Crippen molar-refractivity contribution in [2.75, 3.05) is 0 Å². The van der Waals surface area contributed by atoms with Crippen molar-refractivity contribution >= 4 is 10.1 Å². The third-order valence-electron chi connectivity index (χ3n) is 2.05. The first-order chi connectivity index (χ1) is 5.02. The molecule has 0 aromatic heterocycles. The third-order valence-corrected chi connectivity index (χ3v) is 3.37. The van der Waals surface area contributed by atoms with Crippen LogP contribution in [-0.4, -0.2) is 29.4 Å². The van der Waals surface area contributed by atoms with Crippen LogP contribution in [0.25, 0.3) is 0 Å². The minimum atomic E-state index is -4.03. The Hall–Kier alpha value is -0.130. The highest BCUT2D eigenvalue weighted by Crippen LogP contribution is 2.23. The van der Waals surface area contributed by atoms with Gasteiger partial charge in [-0.05, 0) is 12.8 Å². The van der Waals surface area contributed by atoms with Gasteiger partial charge in [-0.1, -0.05) is 12.8 Å². The van der Waals surface area contributed by atoms with Crippen LogP contribution in [0.15, 0.2) is 0 Å². The molecular weight excluding hydrogens is 168 g/mol. The molecule has 2 atom stereocenters. The van der Waals surface area contributed by atoms with Gasteiger partial charge >= 0.3 is 0 Å². The molecule has 0 spiro atoms. The van der Waals surface area contributed by atoms with Crippen molar-refractivity contribution in [3.05, 3.63) is 0 Å². The second-order valence-electron chi connectivity index (χ2n) is 2.91. The van der Waals surface area contributed by atoms with Gasteiger partial charge in [0.1, 0.15) is 5.25 Å². The van der Waals surface area contributed by atoms with E-state index in [1.165, 1.54) is 0 Å². The fourth-order valence-electron chi connectivity index (χ4n) is 1.42. The molecule has 1 aliphatic carbocycles. The molecule has 0 aromatic carbocycles. The summed E-state index contributed by atoms with van der Waals surface area (Å²) in [5.74, 6) is 0. The maximum Gasteiger partial charge on any atom is 0.270 e. The monoisotopic (exact) mass is 180 g/mol. The highest BCUT2D eigenvalue weighted by molar-refractivity contribution is 7.86. The molecule has 4 nitrogen and oxygen atoms in total. The molecular formula is C6H12O4S. The van der Waals surface area contributed by atoms with E-state index in [0.717, 1.165) is 12.8 Å². The molecule has 0 bridgehead atoms. The first-order valence-corrected chi connectivity index (χ1v) is 5.16. The molecule has 1 fully saturated rings. The van der Waals surface area contributed by atoms with E-state index < -0.39 is 21.5 Å². The van der Waals surface area contributed by atoms with Crippen molar-refractivity contribution in [1.29, 1.82) is 0 Å².